The number of anilines is 2. The van der Waals surface area contributed by atoms with E-state index in [4.69, 9.17) is 4.98 Å². The van der Waals surface area contributed by atoms with E-state index in [9.17, 15) is 13.6 Å². The molecule has 3 heterocycles. The fourth-order valence-corrected chi connectivity index (χ4v) is 4.90. The van der Waals surface area contributed by atoms with E-state index in [1.165, 1.54) is 12.1 Å². The number of nitrogens with zero attached hydrogens (tertiary/aromatic N) is 2. The van der Waals surface area contributed by atoms with Crippen molar-refractivity contribution in [2.45, 2.75) is 43.9 Å². The molecule has 3 aliphatic rings. The maximum absolute atomic E-state index is 14.5. The molecule has 142 valence electrons. The molecule has 5 rings (SSSR count). The number of aromatic nitrogens is 2. The van der Waals surface area contributed by atoms with Gasteiger partial charge in [-0.1, -0.05) is 0 Å². The maximum Gasteiger partial charge on any atom is 0.255 e. The molecule has 1 saturated heterocycles. The van der Waals surface area contributed by atoms with E-state index in [0.29, 0.717) is 49.7 Å². The van der Waals surface area contributed by atoms with Gasteiger partial charge < -0.3 is 10.2 Å². The van der Waals surface area contributed by atoms with Crippen LogP contribution in [0.4, 0.5) is 20.4 Å². The first-order valence-electron chi connectivity index (χ1n) is 9.67. The SMILES string of the molecule is O=c1[nH]c(N2CCC3(CC2)CNc2c(F)ccc(F)c23)nc2c1CCCC2. The monoisotopic (exact) mass is 372 g/mol. The molecule has 1 spiro atoms. The number of hydrogen-bond acceptors (Lipinski definition) is 4. The molecule has 7 heteroatoms. The van der Waals surface area contributed by atoms with E-state index in [2.05, 4.69) is 15.2 Å². The van der Waals surface area contributed by atoms with Crippen LogP contribution in [0.25, 0.3) is 0 Å². The van der Waals surface area contributed by atoms with Crippen LogP contribution in [0.5, 0.6) is 0 Å². The lowest BCUT2D eigenvalue weighted by Crippen LogP contribution is -2.45. The van der Waals surface area contributed by atoms with Gasteiger partial charge in [0, 0.05) is 36.2 Å². The predicted molar refractivity (Wildman–Crippen MR) is 99.5 cm³/mol. The highest BCUT2D eigenvalue weighted by Gasteiger charge is 2.45. The molecule has 5 nitrogen and oxygen atoms in total. The van der Waals surface area contributed by atoms with Crippen LogP contribution in [-0.2, 0) is 18.3 Å². The van der Waals surface area contributed by atoms with Crippen LogP contribution < -0.4 is 15.8 Å². The molecule has 2 aliphatic heterocycles. The lowest BCUT2D eigenvalue weighted by atomic mass is 9.74. The second-order valence-corrected chi connectivity index (χ2v) is 7.92. The van der Waals surface area contributed by atoms with E-state index in [1.807, 2.05) is 0 Å². The third-order valence-corrected chi connectivity index (χ3v) is 6.44. The molecule has 1 aromatic heterocycles. The smallest absolute Gasteiger partial charge is 0.255 e. The van der Waals surface area contributed by atoms with Crippen LogP contribution in [0.2, 0.25) is 0 Å². The van der Waals surface area contributed by atoms with Crippen LogP contribution in [0.15, 0.2) is 16.9 Å². The van der Waals surface area contributed by atoms with E-state index in [0.717, 1.165) is 36.9 Å². The van der Waals surface area contributed by atoms with Crippen molar-refractivity contribution in [3.63, 3.8) is 0 Å². The van der Waals surface area contributed by atoms with Gasteiger partial charge in [0.2, 0.25) is 5.95 Å². The first kappa shape index (κ1) is 16.7. The third-order valence-electron chi connectivity index (χ3n) is 6.44. The van der Waals surface area contributed by atoms with Crippen molar-refractivity contribution >= 4 is 11.6 Å². The maximum atomic E-state index is 14.5. The van der Waals surface area contributed by atoms with E-state index in [-0.39, 0.29) is 11.4 Å². The van der Waals surface area contributed by atoms with Crippen LogP contribution >= 0.6 is 0 Å². The minimum Gasteiger partial charge on any atom is -0.381 e. The second kappa shape index (κ2) is 6.04. The molecular weight excluding hydrogens is 350 g/mol. The summed E-state index contributed by atoms with van der Waals surface area (Å²) in [7, 11) is 0. The number of hydrogen-bond donors (Lipinski definition) is 2. The standard InChI is InChI=1S/C20H22F2N4O/c21-13-5-6-14(22)17-16(13)20(11-23-17)7-9-26(10-8-20)19-24-15-4-2-1-3-12(15)18(27)25-19/h5-6,23H,1-4,7-11H2,(H,24,25,27). The highest BCUT2D eigenvalue weighted by molar-refractivity contribution is 5.62. The lowest BCUT2D eigenvalue weighted by molar-refractivity contribution is 0.347. The average molecular weight is 372 g/mol. The van der Waals surface area contributed by atoms with Crippen molar-refractivity contribution in [1.29, 1.82) is 0 Å². The zero-order chi connectivity index (χ0) is 18.6. The van der Waals surface area contributed by atoms with Crippen molar-refractivity contribution < 1.29 is 8.78 Å². The molecule has 0 atom stereocenters. The van der Waals surface area contributed by atoms with E-state index < -0.39 is 11.2 Å². The van der Waals surface area contributed by atoms with Gasteiger partial charge in [-0.05, 0) is 50.7 Å². The summed E-state index contributed by atoms with van der Waals surface area (Å²) in [6, 6.07) is 2.40. The molecule has 1 aliphatic carbocycles. The number of benzene rings is 1. The molecular formula is C20H22F2N4O. The third kappa shape index (κ3) is 2.55. The highest BCUT2D eigenvalue weighted by Crippen LogP contribution is 2.46. The lowest BCUT2D eigenvalue weighted by Gasteiger charge is -2.39. The van der Waals surface area contributed by atoms with Gasteiger partial charge in [0.1, 0.15) is 11.6 Å². The van der Waals surface area contributed by atoms with Gasteiger partial charge in [-0.3, -0.25) is 9.78 Å². The Morgan fingerprint density at radius 3 is 2.63 bits per heavy atom. The summed E-state index contributed by atoms with van der Waals surface area (Å²) >= 11 is 0. The quantitative estimate of drug-likeness (QED) is 0.808. The number of fused-ring (bicyclic) bond motifs is 3. The Hall–Kier alpha value is -2.44. The summed E-state index contributed by atoms with van der Waals surface area (Å²) < 4.78 is 28.5. The molecule has 0 amide bonds. The molecule has 0 unspecified atom stereocenters. The van der Waals surface area contributed by atoms with Gasteiger partial charge >= 0.3 is 0 Å². The van der Waals surface area contributed by atoms with E-state index in [1.54, 1.807) is 0 Å². The van der Waals surface area contributed by atoms with Gasteiger partial charge in [0.25, 0.3) is 5.56 Å². The molecule has 1 aromatic carbocycles. The summed E-state index contributed by atoms with van der Waals surface area (Å²) in [5.41, 5.74) is 2.10. The summed E-state index contributed by atoms with van der Waals surface area (Å²) in [6.07, 6.45) is 5.14. The second-order valence-electron chi connectivity index (χ2n) is 7.92. The van der Waals surface area contributed by atoms with Crippen molar-refractivity contribution in [2.75, 3.05) is 29.9 Å². The van der Waals surface area contributed by atoms with Crippen LogP contribution in [-0.4, -0.2) is 29.6 Å². The first-order chi connectivity index (χ1) is 13.1. The zero-order valence-electron chi connectivity index (χ0n) is 15.1. The van der Waals surface area contributed by atoms with Crippen molar-refractivity contribution in [2.24, 2.45) is 0 Å². The van der Waals surface area contributed by atoms with Crippen molar-refractivity contribution in [1.82, 2.24) is 9.97 Å². The molecule has 0 radical (unpaired) electrons. The molecule has 2 N–H and O–H groups in total. The molecule has 27 heavy (non-hydrogen) atoms. The topological polar surface area (TPSA) is 61.0 Å². The first-order valence-corrected chi connectivity index (χ1v) is 9.67. The normalized spacial score (nSPS) is 20.3. The van der Waals surface area contributed by atoms with E-state index >= 15 is 0 Å². The van der Waals surface area contributed by atoms with Gasteiger partial charge in [0.05, 0.1) is 11.4 Å². The fourth-order valence-electron chi connectivity index (χ4n) is 4.90. The molecule has 0 bridgehead atoms. The number of nitrogens with one attached hydrogen (secondary N) is 2. The number of H-pyrrole nitrogens is 1. The van der Waals surface area contributed by atoms with Gasteiger partial charge in [0.15, 0.2) is 0 Å². The van der Waals surface area contributed by atoms with Gasteiger partial charge in [-0.25, -0.2) is 13.8 Å². The number of piperidine rings is 1. The van der Waals surface area contributed by atoms with Crippen molar-refractivity contribution in [3.05, 3.63) is 50.9 Å². The Kier molecular flexibility index (Phi) is 3.74. The molecule has 1 fully saturated rings. The number of rotatable bonds is 1. The molecule has 2 aromatic rings. The number of aromatic amines is 1. The fraction of sp³-hybridized carbons (Fsp3) is 0.500. The van der Waals surface area contributed by atoms with Gasteiger partial charge in [-0.15, -0.1) is 0 Å². The van der Waals surface area contributed by atoms with Crippen LogP contribution in [0.3, 0.4) is 0 Å². The predicted octanol–water partition coefficient (Wildman–Crippen LogP) is 2.89. The zero-order valence-corrected chi connectivity index (χ0v) is 15.1. The largest absolute Gasteiger partial charge is 0.381 e. The summed E-state index contributed by atoms with van der Waals surface area (Å²) in [5.74, 6) is -0.127. The highest BCUT2D eigenvalue weighted by atomic mass is 19.1. The number of halogens is 2. The Morgan fingerprint density at radius 1 is 1.07 bits per heavy atom. The summed E-state index contributed by atoms with van der Waals surface area (Å²) in [5, 5.41) is 3.07. The summed E-state index contributed by atoms with van der Waals surface area (Å²) in [4.78, 5) is 22.1. The Labute approximate surface area is 155 Å². The van der Waals surface area contributed by atoms with Gasteiger partial charge in [-0.2, -0.15) is 0 Å². The molecule has 0 saturated carbocycles. The minimum absolute atomic E-state index is 0.0315. The van der Waals surface area contributed by atoms with Crippen LogP contribution in [0, 0.1) is 11.6 Å². The number of aryl methyl sites for hydroxylation is 1. The Morgan fingerprint density at radius 2 is 1.81 bits per heavy atom. The summed E-state index contributed by atoms with van der Waals surface area (Å²) in [6.45, 7) is 1.85. The Bertz CT molecular complexity index is 963. The Balaban J connectivity index is 1.42. The van der Waals surface area contributed by atoms with Crippen LogP contribution in [0.1, 0.15) is 42.5 Å². The average Bonchev–Trinajstić information content (AvgIpc) is 3.05. The minimum atomic E-state index is -0.397. The van der Waals surface area contributed by atoms with Crippen molar-refractivity contribution in [3.8, 4) is 0 Å².